The average molecular weight is 453 g/mol. The molecule has 1 N–H and O–H groups in total. The van der Waals surface area contributed by atoms with E-state index < -0.39 is 29.8 Å². The fourth-order valence-electron chi connectivity index (χ4n) is 3.05. The van der Waals surface area contributed by atoms with Crippen LogP contribution in [-0.2, 0) is 18.0 Å². The van der Waals surface area contributed by atoms with Crippen molar-refractivity contribution >= 4 is 17.5 Å². The molecule has 0 bridgehead atoms. The number of halogens is 3. The van der Waals surface area contributed by atoms with Gasteiger partial charge in [0.1, 0.15) is 11.4 Å². The maximum absolute atomic E-state index is 12.8. The number of ether oxygens (including phenoxy) is 1. The topological polar surface area (TPSA) is 80.6 Å². The van der Waals surface area contributed by atoms with E-state index in [-0.39, 0.29) is 22.9 Å². The van der Waals surface area contributed by atoms with Crippen LogP contribution in [0.15, 0.2) is 41.3 Å². The molecule has 0 atom stereocenters. The number of anilines is 1. The lowest BCUT2D eigenvalue weighted by Crippen LogP contribution is -2.34. The minimum absolute atomic E-state index is 0.121. The number of amides is 2. The highest BCUT2D eigenvalue weighted by atomic mass is 19.4. The minimum atomic E-state index is -4.54. The van der Waals surface area contributed by atoms with Crippen molar-refractivity contribution in [3.8, 4) is 5.75 Å². The van der Waals surface area contributed by atoms with Crippen LogP contribution >= 0.6 is 0 Å². The molecule has 0 aliphatic carbocycles. The number of rotatable bonds is 9. The van der Waals surface area contributed by atoms with Gasteiger partial charge in [-0.05, 0) is 37.1 Å². The van der Waals surface area contributed by atoms with Gasteiger partial charge in [-0.3, -0.25) is 14.4 Å². The van der Waals surface area contributed by atoms with Crippen molar-refractivity contribution < 1.29 is 27.5 Å². The lowest BCUT2D eigenvalue weighted by molar-refractivity contribution is -0.137. The van der Waals surface area contributed by atoms with Crippen LogP contribution in [0.25, 0.3) is 0 Å². The number of carbonyl (C=O) groups is 2. The van der Waals surface area contributed by atoms with Gasteiger partial charge in [0.15, 0.2) is 6.61 Å². The summed E-state index contributed by atoms with van der Waals surface area (Å²) in [6.45, 7) is 4.41. The third-order valence-electron chi connectivity index (χ3n) is 4.51. The normalized spacial score (nSPS) is 11.2. The Labute approximate surface area is 183 Å². The van der Waals surface area contributed by atoms with Crippen LogP contribution in [0.1, 0.15) is 42.6 Å². The summed E-state index contributed by atoms with van der Waals surface area (Å²) in [4.78, 5) is 39.1. The Hall–Kier alpha value is -3.30. The molecule has 0 radical (unpaired) electrons. The molecule has 0 spiro atoms. The summed E-state index contributed by atoms with van der Waals surface area (Å²) in [6.07, 6.45) is -1.59. The Kier molecular flexibility index (Phi) is 8.45. The fraction of sp³-hybridized carbons (Fsp3) is 0.409. The van der Waals surface area contributed by atoms with E-state index >= 15 is 0 Å². The van der Waals surface area contributed by atoms with Crippen molar-refractivity contribution in [2.45, 2.75) is 32.9 Å². The van der Waals surface area contributed by atoms with Crippen LogP contribution in [0, 0.1) is 0 Å². The summed E-state index contributed by atoms with van der Waals surface area (Å²) in [7, 11) is 1.46. The minimum Gasteiger partial charge on any atom is -0.484 e. The van der Waals surface area contributed by atoms with Gasteiger partial charge < -0.3 is 19.5 Å². The molecular formula is C22H26F3N3O4. The van der Waals surface area contributed by atoms with Crippen LogP contribution in [-0.4, -0.2) is 41.0 Å². The highest BCUT2D eigenvalue weighted by Crippen LogP contribution is 2.31. The van der Waals surface area contributed by atoms with Gasteiger partial charge in [0, 0.05) is 26.3 Å². The van der Waals surface area contributed by atoms with Crippen LogP contribution in [0.3, 0.4) is 0 Å². The zero-order chi connectivity index (χ0) is 23.9. The van der Waals surface area contributed by atoms with Crippen molar-refractivity contribution in [1.29, 1.82) is 0 Å². The quantitative estimate of drug-likeness (QED) is 0.628. The summed E-state index contributed by atoms with van der Waals surface area (Å²) < 4.78 is 44.7. The van der Waals surface area contributed by atoms with Crippen LogP contribution in [0.5, 0.6) is 5.75 Å². The van der Waals surface area contributed by atoms with Gasteiger partial charge in [-0.2, -0.15) is 13.2 Å². The lowest BCUT2D eigenvalue weighted by atomic mass is 10.2. The third-order valence-corrected chi connectivity index (χ3v) is 4.51. The molecule has 7 nitrogen and oxygen atoms in total. The molecular weight excluding hydrogens is 427 g/mol. The number of pyridine rings is 1. The van der Waals surface area contributed by atoms with Crippen molar-refractivity contribution in [2.75, 3.05) is 25.0 Å². The van der Waals surface area contributed by atoms with E-state index in [1.807, 2.05) is 13.8 Å². The van der Waals surface area contributed by atoms with Crippen LogP contribution < -0.4 is 15.6 Å². The summed E-state index contributed by atoms with van der Waals surface area (Å²) >= 11 is 0. The molecule has 0 saturated heterocycles. The Bertz CT molecular complexity index is 1010. The zero-order valence-electron chi connectivity index (χ0n) is 18.2. The van der Waals surface area contributed by atoms with Crippen molar-refractivity contribution in [3.05, 3.63) is 58.0 Å². The Morgan fingerprint density at radius 2 is 1.78 bits per heavy atom. The van der Waals surface area contributed by atoms with Crippen molar-refractivity contribution in [1.82, 2.24) is 9.47 Å². The number of carbonyl (C=O) groups excluding carboxylic acids is 2. The first-order valence-electron chi connectivity index (χ1n) is 10.2. The molecule has 0 unspecified atom stereocenters. The number of aromatic nitrogens is 1. The first-order valence-corrected chi connectivity index (χ1v) is 10.2. The van der Waals surface area contributed by atoms with Gasteiger partial charge in [-0.25, -0.2) is 0 Å². The molecule has 2 amide bonds. The molecule has 174 valence electrons. The molecule has 1 heterocycles. The summed E-state index contributed by atoms with van der Waals surface area (Å²) in [6, 6.07) is 5.42. The fourth-order valence-corrected chi connectivity index (χ4v) is 3.05. The van der Waals surface area contributed by atoms with Gasteiger partial charge >= 0.3 is 6.18 Å². The van der Waals surface area contributed by atoms with E-state index in [9.17, 15) is 27.6 Å². The molecule has 1 aromatic carbocycles. The first-order chi connectivity index (χ1) is 15.1. The Balaban J connectivity index is 2.14. The molecule has 2 rings (SSSR count). The number of alkyl halides is 3. The van der Waals surface area contributed by atoms with Crippen LogP contribution in [0.2, 0.25) is 0 Å². The smallest absolute Gasteiger partial charge is 0.416 e. The average Bonchev–Trinajstić information content (AvgIpc) is 2.74. The molecule has 1 aromatic heterocycles. The van der Waals surface area contributed by atoms with Crippen LogP contribution in [0.4, 0.5) is 18.9 Å². The van der Waals surface area contributed by atoms with E-state index in [0.717, 1.165) is 25.0 Å². The van der Waals surface area contributed by atoms with E-state index in [4.69, 9.17) is 4.74 Å². The number of hydrogen-bond donors (Lipinski definition) is 1. The van der Waals surface area contributed by atoms with E-state index in [2.05, 4.69) is 5.32 Å². The van der Waals surface area contributed by atoms with Crippen molar-refractivity contribution in [2.24, 2.45) is 7.05 Å². The predicted octanol–water partition coefficient (Wildman–Crippen LogP) is 3.68. The first kappa shape index (κ1) is 25.0. The highest BCUT2D eigenvalue weighted by molar-refractivity contribution is 5.97. The van der Waals surface area contributed by atoms with Gasteiger partial charge in [-0.15, -0.1) is 0 Å². The van der Waals surface area contributed by atoms with Gasteiger partial charge in [0.25, 0.3) is 17.4 Å². The van der Waals surface area contributed by atoms with Gasteiger partial charge in [0.2, 0.25) is 0 Å². The molecule has 0 fully saturated rings. The molecule has 10 heteroatoms. The molecule has 0 saturated carbocycles. The largest absolute Gasteiger partial charge is 0.484 e. The van der Waals surface area contributed by atoms with E-state index in [1.165, 1.54) is 36.0 Å². The number of nitrogens with zero attached hydrogens (tertiary/aromatic N) is 2. The SMILES string of the molecule is CCCN(CCC)C(=O)c1cc(NC(=O)COc2cccc(C(F)(F)F)c2)c(=O)n(C)c1. The Morgan fingerprint density at radius 3 is 2.38 bits per heavy atom. The lowest BCUT2D eigenvalue weighted by Gasteiger charge is -2.22. The second-order valence-corrected chi connectivity index (χ2v) is 7.21. The summed E-state index contributed by atoms with van der Waals surface area (Å²) in [5.41, 5.74) is -1.32. The number of aryl methyl sites for hydroxylation is 1. The molecule has 0 aliphatic heterocycles. The van der Waals surface area contributed by atoms with Crippen molar-refractivity contribution in [3.63, 3.8) is 0 Å². The van der Waals surface area contributed by atoms with Gasteiger partial charge in [0.05, 0.1) is 11.1 Å². The maximum atomic E-state index is 12.8. The number of benzene rings is 1. The molecule has 0 aliphatic rings. The standard InChI is InChI=1S/C22H26F3N3O4/c1-4-9-28(10-5-2)20(30)15-11-18(21(31)27(3)13-15)26-19(29)14-32-17-8-6-7-16(12-17)22(23,24)25/h6-8,11-13H,4-5,9-10,14H2,1-3H3,(H,26,29). The second kappa shape index (κ2) is 10.8. The zero-order valence-corrected chi connectivity index (χ0v) is 18.2. The third kappa shape index (κ3) is 6.60. The summed E-state index contributed by atoms with van der Waals surface area (Å²) in [5, 5.41) is 2.37. The number of hydrogen-bond acceptors (Lipinski definition) is 4. The monoisotopic (exact) mass is 453 g/mol. The summed E-state index contributed by atoms with van der Waals surface area (Å²) in [5.74, 6) is -1.15. The van der Waals surface area contributed by atoms with Gasteiger partial charge in [-0.1, -0.05) is 19.9 Å². The Morgan fingerprint density at radius 1 is 1.12 bits per heavy atom. The number of nitrogens with one attached hydrogen (secondary N) is 1. The second-order valence-electron chi connectivity index (χ2n) is 7.21. The highest BCUT2D eigenvalue weighted by Gasteiger charge is 2.30. The molecule has 32 heavy (non-hydrogen) atoms. The predicted molar refractivity (Wildman–Crippen MR) is 114 cm³/mol. The maximum Gasteiger partial charge on any atom is 0.416 e. The van der Waals surface area contributed by atoms with E-state index in [0.29, 0.717) is 13.1 Å². The molecule has 2 aromatic rings. The van der Waals surface area contributed by atoms with E-state index in [1.54, 1.807) is 4.90 Å².